The van der Waals surface area contributed by atoms with E-state index < -0.39 is 40.0 Å². The maximum atomic E-state index is 14.2. The van der Waals surface area contributed by atoms with E-state index in [-0.39, 0.29) is 38.7 Å². The molecule has 0 heterocycles. The van der Waals surface area contributed by atoms with Crippen molar-refractivity contribution in [2.75, 3.05) is 17.1 Å². The lowest BCUT2D eigenvalue weighted by molar-refractivity contribution is -0.140. The SMILES string of the molecule is CC(C)(C)NC(=O)[C@@H](Cc1ccccc1)N(Cc1ccc(Cl)c(Cl)c1)C(=O)CN(c1cc(Cl)c(Cl)cc1Cl)S(C)(=O)=O. The Balaban J connectivity index is 2.13. The fourth-order valence-corrected chi connectivity index (χ4v) is 6.01. The third-order valence-corrected chi connectivity index (χ3v) is 8.93. The first-order chi connectivity index (χ1) is 19.5. The summed E-state index contributed by atoms with van der Waals surface area (Å²) in [7, 11) is -4.06. The van der Waals surface area contributed by atoms with Gasteiger partial charge in [0, 0.05) is 18.5 Å². The summed E-state index contributed by atoms with van der Waals surface area (Å²) in [6.07, 6.45) is 1.10. The first-order valence-corrected chi connectivity index (χ1v) is 16.4. The molecular weight excluding hydrogens is 664 g/mol. The lowest BCUT2D eigenvalue weighted by Crippen LogP contribution is -2.56. The molecule has 42 heavy (non-hydrogen) atoms. The van der Waals surface area contributed by atoms with Crippen molar-refractivity contribution < 1.29 is 18.0 Å². The van der Waals surface area contributed by atoms with Crippen molar-refractivity contribution in [3.8, 4) is 0 Å². The molecule has 2 amide bonds. The van der Waals surface area contributed by atoms with Gasteiger partial charge in [0.1, 0.15) is 12.6 Å². The van der Waals surface area contributed by atoms with Crippen molar-refractivity contribution in [1.29, 1.82) is 0 Å². The van der Waals surface area contributed by atoms with Gasteiger partial charge >= 0.3 is 0 Å². The number of nitrogens with zero attached hydrogens (tertiary/aromatic N) is 2. The number of benzene rings is 3. The molecule has 3 aromatic carbocycles. The average Bonchev–Trinajstić information content (AvgIpc) is 2.88. The van der Waals surface area contributed by atoms with E-state index in [0.717, 1.165) is 16.1 Å². The molecule has 0 aliphatic rings. The topological polar surface area (TPSA) is 86.8 Å². The van der Waals surface area contributed by atoms with Gasteiger partial charge in [-0.2, -0.15) is 0 Å². The molecule has 0 radical (unpaired) electrons. The van der Waals surface area contributed by atoms with Crippen LogP contribution in [0.15, 0.2) is 60.7 Å². The lowest BCUT2D eigenvalue weighted by Gasteiger charge is -2.35. The number of anilines is 1. The summed E-state index contributed by atoms with van der Waals surface area (Å²) < 4.78 is 26.8. The highest BCUT2D eigenvalue weighted by molar-refractivity contribution is 7.92. The van der Waals surface area contributed by atoms with Crippen LogP contribution in [0.1, 0.15) is 31.9 Å². The van der Waals surface area contributed by atoms with E-state index >= 15 is 0 Å². The first kappa shape index (κ1) is 34.3. The van der Waals surface area contributed by atoms with Crippen molar-refractivity contribution in [1.82, 2.24) is 10.2 Å². The van der Waals surface area contributed by atoms with E-state index in [1.165, 1.54) is 17.0 Å². The van der Waals surface area contributed by atoms with Crippen LogP contribution in [0.25, 0.3) is 0 Å². The Bertz CT molecular complexity index is 1560. The van der Waals surface area contributed by atoms with Gasteiger partial charge in [-0.25, -0.2) is 8.42 Å². The summed E-state index contributed by atoms with van der Waals surface area (Å²) in [5, 5.41) is 3.69. The molecule has 13 heteroatoms. The molecule has 1 atom stereocenters. The summed E-state index contributed by atoms with van der Waals surface area (Å²) in [4.78, 5) is 29.3. The zero-order chi connectivity index (χ0) is 31.4. The number of amides is 2. The third kappa shape index (κ3) is 9.40. The molecule has 0 saturated heterocycles. The van der Waals surface area contributed by atoms with Gasteiger partial charge in [-0.3, -0.25) is 13.9 Å². The Morgan fingerprint density at radius 1 is 0.810 bits per heavy atom. The second-order valence-corrected chi connectivity index (χ2v) is 14.6. The van der Waals surface area contributed by atoms with Gasteiger partial charge in [-0.05, 0) is 56.2 Å². The van der Waals surface area contributed by atoms with Gasteiger partial charge in [-0.1, -0.05) is 94.4 Å². The molecule has 0 bridgehead atoms. The quantitative estimate of drug-likeness (QED) is 0.226. The molecule has 0 spiro atoms. The Hall–Kier alpha value is -2.20. The maximum Gasteiger partial charge on any atom is 0.244 e. The standard InChI is InChI=1S/C29H30Cl5N3O4S/c1-29(2,3)35-28(39)26(13-18-8-6-5-7-9-18)36(16-19-10-11-20(30)21(31)12-19)27(38)17-37(42(4,40)41)25-15-23(33)22(32)14-24(25)34/h5-12,14-15,26H,13,16-17H2,1-4H3,(H,35,39)/t26-/m1/s1. The largest absolute Gasteiger partial charge is 0.350 e. The van der Waals surface area contributed by atoms with Gasteiger partial charge in [0.05, 0.1) is 37.1 Å². The van der Waals surface area contributed by atoms with Crippen molar-refractivity contribution in [2.24, 2.45) is 0 Å². The normalized spacial score (nSPS) is 12.5. The smallest absolute Gasteiger partial charge is 0.244 e. The molecule has 1 N–H and O–H groups in total. The van der Waals surface area contributed by atoms with Gasteiger partial charge in [0.25, 0.3) is 0 Å². The minimum absolute atomic E-state index is 0.0232. The number of halogens is 5. The van der Waals surface area contributed by atoms with E-state index in [1.807, 2.05) is 51.1 Å². The van der Waals surface area contributed by atoms with Crippen LogP contribution in [0, 0.1) is 0 Å². The van der Waals surface area contributed by atoms with Crippen molar-refractivity contribution in [3.05, 3.63) is 96.9 Å². The molecule has 0 saturated carbocycles. The van der Waals surface area contributed by atoms with Crippen LogP contribution in [0.5, 0.6) is 0 Å². The minimum Gasteiger partial charge on any atom is -0.350 e. The maximum absolute atomic E-state index is 14.2. The number of rotatable bonds is 10. The fourth-order valence-electron chi connectivity index (χ4n) is 4.14. The van der Waals surface area contributed by atoms with Crippen LogP contribution in [0.3, 0.4) is 0 Å². The van der Waals surface area contributed by atoms with E-state index in [4.69, 9.17) is 58.0 Å². The molecule has 7 nitrogen and oxygen atoms in total. The zero-order valence-corrected chi connectivity index (χ0v) is 27.9. The third-order valence-electron chi connectivity index (χ3n) is 6.04. The summed E-state index contributed by atoms with van der Waals surface area (Å²) in [5.74, 6) is -1.09. The highest BCUT2D eigenvalue weighted by atomic mass is 35.5. The molecule has 0 aliphatic carbocycles. The zero-order valence-electron chi connectivity index (χ0n) is 23.3. The summed E-state index contributed by atoms with van der Waals surface area (Å²) in [6.45, 7) is 4.73. The van der Waals surface area contributed by atoms with Crippen LogP contribution in [-0.2, 0) is 32.6 Å². The van der Waals surface area contributed by atoms with Crippen molar-refractivity contribution in [3.63, 3.8) is 0 Å². The van der Waals surface area contributed by atoms with Crippen LogP contribution in [-0.4, -0.2) is 49.5 Å². The average molecular weight is 694 g/mol. The van der Waals surface area contributed by atoms with E-state index in [1.54, 1.807) is 18.2 Å². The van der Waals surface area contributed by atoms with E-state index in [0.29, 0.717) is 10.6 Å². The number of carbonyl (C=O) groups excluding carboxylic acids is 2. The molecule has 3 rings (SSSR count). The number of nitrogens with one attached hydrogen (secondary N) is 1. The van der Waals surface area contributed by atoms with Gasteiger partial charge < -0.3 is 10.2 Å². The molecule has 0 fully saturated rings. The van der Waals surface area contributed by atoms with Crippen LogP contribution in [0.2, 0.25) is 25.1 Å². The molecule has 0 aromatic heterocycles. The first-order valence-electron chi connectivity index (χ1n) is 12.7. The number of hydrogen-bond acceptors (Lipinski definition) is 4. The van der Waals surface area contributed by atoms with Crippen molar-refractivity contribution >= 4 is 85.5 Å². The highest BCUT2D eigenvalue weighted by Crippen LogP contribution is 2.36. The van der Waals surface area contributed by atoms with Gasteiger partial charge in [0.15, 0.2) is 0 Å². The Kier molecular flexibility index (Phi) is 11.5. The van der Waals surface area contributed by atoms with Gasteiger partial charge in [-0.15, -0.1) is 0 Å². The second-order valence-electron chi connectivity index (χ2n) is 10.7. The number of carbonyl (C=O) groups is 2. The van der Waals surface area contributed by atoms with E-state index in [2.05, 4.69) is 5.32 Å². The summed E-state index contributed by atoms with van der Waals surface area (Å²) in [5.41, 5.74) is 0.732. The molecule has 0 unspecified atom stereocenters. The van der Waals surface area contributed by atoms with Crippen LogP contribution in [0.4, 0.5) is 5.69 Å². The monoisotopic (exact) mass is 691 g/mol. The summed E-state index contributed by atoms with van der Waals surface area (Å²) >= 11 is 31.0. The highest BCUT2D eigenvalue weighted by Gasteiger charge is 2.35. The van der Waals surface area contributed by atoms with Crippen molar-refractivity contribution in [2.45, 2.75) is 45.3 Å². The van der Waals surface area contributed by atoms with Crippen LogP contribution >= 0.6 is 58.0 Å². The lowest BCUT2D eigenvalue weighted by atomic mass is 10.0. The van der Waals surface area contributed by atoms with Gasteiger partial charge in [0.2, 0.25) is 21.8 Å². The summed E-state index contributed by atoms with van der Waals surface area (Å²) in [6, 6.07) is 15.6. The Morgan fingerprint density at radius 3 is 1.98 bits per heavy atom. The van der Waals surface area contributed by atoms with Crippen LogP contribution < -0.4 is 9.62 Å². The fraction of sp³-hybridized carbons (Fsp3) is 0.310. The Morgan fingerprint density at radius 2 is 1.40 bits per heavy atom. The Labute approximate surface area is 271 Å². The number of sulfonamides is 1. The molecule has 3 aromatic rings. The predicted octanol–water partition coefficient (Wildman–Crippen LogP) is 7.27. The predicted molar refractivity (Wildman–Crippen MR) is 173 cm³/mol. The molecule has 226 valence electrons. The van der Waals surface area contributed by atoms with E-state index in [9.17, 15) is 18.0 Å². The minimum atomic E-state index is -4.06. The molecule has 0 aliphatic heterocycles. The number of hydrogen-bond donors (Lipinski definition) is 1. The molecular formula is C29H30Cl5N3O4S. The second kappa shape index (κ2) is 14.1.